The van der Waals surface area contributed by atoms with Gasteiger partial charge in [0.2, 0.25) is 5.88 Å². The summed E-state index contributed by atoms with van der Waals surface area (Å²) < 4.78 is 6.02. The molecule has 21 heavy (non-hydrogen) atoms. The summed E-state index contributed by atoms with van der Waals surface area (Å²) >= 11 is 5.89. The number of aromatic hydroxyl groups is 1. The van der Waals surface area contributed by atoms with Crippen molar-refractivity contribution in [2.45, 2.75) is 13.0 Å². The first-order chi connectivity index (χ1) is 10.0. The van der Waals surface area contributed by atoms with Crippen molar-refractivity contribution in [1.29, 1.82) is 0 Å². The first-order valence-corrected chi connectivity index (χ1v) is 6.73. The van der Waals surface area contributed by atoms with Gasteiger partial charge in [-0.15, -0.1) is 0 Å². The van der Waals surface area contributed by atoms with Crippen LogP contribution < -0.4 is 11.2 Å². The third kappa shape index (κ3) is 3.34. The molecule has 0 fully saturated rings. The summed E-state index contributed by atoms with van der Waals surface area (Å²) in [7, 11) is 1.55. The van der Waals surface area contributed by atoms with Crippen LogP contribution in [0.4, 0.5) is 0 Å². The molecule has 0 bridgehead atoms. The predicted molar refractivity (Wildman–Crippen MR) is 79.9 cm³/mol. The largest absolute Gasteiger partial charge is 0.494 e. The minimum absolute atomic E-state index is 0.0227. The monoisotopic (exact) mass is 310 g/mol. The molecular weight excluding hydrogens is 296 g/mol. The maximum absolute atomic E-state index is 12.0. The average molecular weight is 311 g/mol. The first-order valence-electron chi connectivity index (χ1n) is 6.35. The SMILES string of the molecule is COCCCn1c(O)c(-c2cccc(Cl)c2)c(=O)[nH]c1=O. The van der Waals surface area contributed by atoms with Crippen LogP contribution in [0.5, 0.6) is 5.88 Å². The third-order valence-electron chi connectivity index (χ3n) is 3.02. The van der Waals surface area contributed by atoms with E-state index < -0.39 is 11.2 Å². The summed E-state index contributed by atoms with van der Waals surface area (Å²) in [6, 6.07) is 6.51. The Kier molecular flexibility index (Phi) is 4.82. The topological polar surface area (TPSA) is 84.3 Å². The zero-order valence-electron chi connectivity index (χ0n) is 11.4. The van der Waals surface area contributed by atoms with E-state index in [1.54, 1.807) is 31.4 Å². The highest BCUT2D eigenvalue weighted by Crippen LogP contribution is 2.26. The lowest BCUT2D eigenvalue weighted by molar-refractivity contribution is 0.188. The lowest BCUT2D eigenvalue weighted by Crippen LogP contribution is -2.31. The minimum atomic E-state index is -0.653. The highest BCUT2D eigenvalue weighted by atomic mass is 35.5. The summed E-state index contributed by atoms with van der Waals surface area (Å²) in [5.41, 5.74) is -0.835. The lowest BCUT2D eigenvalue weighted by Gasteiger charge is -2.11. The predicted octanol–water partition coefficient (Wildman–Crippen LogP) is 1.60. The number of rotatable bonds is 5. The molecule has 0 aliphatic carbocycles. The number of nitrogens with zero attached hydrogens (tertiary/aromatic N) is 1. The molecule has 6 nitrogen and oxygen atoms in total. The van der Waals surface area contributed by atoms with E-state index in [1.165, 1.54) is 0 Å². The highest BCUT2D eigenvalue weighted by Gasteiger charge is 2.15. The number of hydrogen-bond donors (Lipinski definition) is 2. The van der Waals surface area contributed by atoms with Gasteiger partial charge in [-0.1, -0.05) is 23.7 Å². The van der Waals surface area contributed by atoms with Gasteiger partial charge in [0.25, 0.3) is 5.56 Å². The summed E-state index contributed by atoms with van der Waals surface area (Å²) in [4.78, 5) is 25.9. The molecule has 2 N–H and O–H groups in total. The summed E-state index contributed by atoms with van der Waals surface area (Å²) in [5.74, 6) is -0.373. The molecule has 112 valence electrons. The third-order valence-corrected chi connectivity index (χ3v) is 3.25. The molecule has 2 aromatic rings. The van der Waals surface area contributed by atoms with Crippen LogP contribution in [0.25, 0.3) is 11.1 Å². The van der Waals surface area contributed by atoms with Gasteiger partial charge in [0.1, 0.15) is 5.56 Å². The maximum Gasteiger partial charge on any atom is 0.331 e. The molecule has 2 rings (SSSR count). The number of benzene rings is 1. The molecule has 1 heterocycles. The standard InChI is InChI=1S/C14H15ClN2O4/c1-21-7-3-6-17-13(19)11(12(18)16-14(17)20)9-4-2-5-10(15)8-9/h2,4-5,8,19H,3,6-7H2,1H3,(H,16,18,20). The number of aromatic amines is 1. The van der Waals surface area contributed by atoms with E-state index in [4.69, 9.17) is 16.3 Å². The van der Waals surface area contributed by atoms with E-state index in [0.717, 1.165) is 4.57 Å². The maximum atomic E-state index is 12.0. The second kappa shape index (κ2) is 6.60. The van der Waals surface area contributed by atoms with Crippen molar-refractivity contribution in [3.63, 3.8) is 0 Å². The van der Waals surface area contributed by atoms with Gasteiger partial charge in [-0.05, 0) is 24.1 Å². The highest BCUT2D eigenvalue weighted by molar-refractivity contribution is 6.30. The number of ether oxygens (including phenoxy) is 1. The van der Waals surface area contributed by atoms with Crippen LogP contribution in [0.15, 0.2) is 33.9 Å². The van der Waals surface area contributed by atoms with Crippen LogP contribution in [0.2, 0.25) is 5.02 Å². The van der Waals surface area contributed by atoms with E-state index in [9.17, 15) is 14.7 Å². The fourth-order valence-corrected chi connectivity index (χ4v) is 2.23. The van der Waals surface area contributed by atoms with Crippen LogP contribution in [0.3, 0.4) is 0 Å². The van der Waals surface area contributed by atoms with E-state index in [0.29, 0.717) is 23.6 Å². The van der Waals surface area contributed by atoms with Crippen LogP contribution in [0, 0.1) is 0 Å². The molecule has 1 aromatic carbocycles. The minimum Gasteiger partial charge on any atom is -0.494 e. The zero-order chi connectivity index (χ0) is 15.4. The molecule has 7 heteroatoms. The number of hydrogen-bond acceptors (Lipinski definition) is 4. The van der Waals surface area contributed by atoms with Crippen LogP contribution >= 0.6 is 11.6 Å². The normalized spacial score (nSPS) is 10.8. The van der Waals surface area contributed by atoms with Gasteiger partial charge in [-0.3, -0.25) is 14.3 Å². The van der Waals surface area contributed by atoms with Crippen LogP contribution in [-0.2, 0) is 11.3 Å². The van der Waals surface area contributed by atoms with Crippen molar-refractivity contribution in [2.75, 3.05) is 13.7 Å². The molecule has 0 aliphatic rings. The van der Waals surface area contributed by atoms with Crippen molar-refractivity contribution in [3.8, 4) is 17.0 Å². The fourth-order valence-electron chi connectivity index (χ4n) is 2.04. The molecule has 0 aliphatic heterocycles. The van der Waals surface area contributed by atoms with Crippen LogP contribution in [-0.4, -0.2) is 28.4 Å². The van der Waals surface area contributed by atoms with Crippen molar-refractivity contribution in [3.05, 3.63) is 50.1 Å². The summed E-state index contributed by atoms with van der Waals surface area (Å²) in [5, 5.41) is 10.7. The Bertz CT molecular complexity index is 751. The van der Waals surface area contributed by atoms with Gasteiger partial charge in [0, 0.05) is 25.3 Å². The van der Waals surface area contributed by atoms with Gasteiger partial charge < -0.3 is 9.84 Å². The van der Waals surface area contributed by atoms with E-state index in [2.05, 4.69) is 4.98 Å². The second-order valence-corrected chi connectivity index (χ2v) is 4.90. The zero-order valence-corrected chi connectivity index (χ0v) is 12.2. The van der Waals surface area contributed by atoms with E-state index >= 15 is 0 Å². The van der Waals surface area contributed by atoms with Gasteiger partial charge in [-0.25, -0.2) is 4.79 Å². The Morgan fingerprint density at radius 1 is 1.38 bits per heavy atom. The number of methoxy groups -OCH3 is 1. The average Bonchev–Trinajstić information content (AvgIpc) is 2.42. The molecule has 0 saturated heterocycles. The van der Waals surface area contributed by atoms with Crippen LogP contribution in [0.1, 0.15) is 6.42 Å². The Hall–Kier alpha value is -2.05. The summed E-state index contributed by atoms with van der Waals surface area (Å²) in [6.45, 7) is 0.681. The Labute approximate surface area is 125 Å². The smallest absolute Gasteiger partial charge is 0.331 e. The molecule has 0 atom stereocenters. The Morgan fingerprint density at radius 2 is 2.14 bits per heavy atom. The van der Waals surface area contributed by atoms with Crippen molar-refractivity contribution in [1.82, 2.24) is 9.55 Å². The number of halogens is 1. The molecule has 0 radical (unpaired) electrons. The molecular formula is C14H15ClN2O4. The van der Waals surface area contributed by atoms with Gasteiger partial charge in [0.05, 0.1) is 0 Å². The first kappa shape index (κ1) is 15.3. The van der Waals surface area contributed by atoms with E-state index in [1.807, 2.05) is 0 Å². The van der Waals surface area contributed by atoms with Crippen molar-refractivity contribution < 1.29 is 9.84 Å². The van der Waals surface area contributed by atoms with Gasteiger partial charge in [0.15, 0.2) is 0 Å². The van der Waals surface area contributed by atoms with E-state index in [-0.39, 0.29) is 18.0 Å². The number of H-pyrrole nitrogens is 1. The molecule has 0 saturated carbocycles. The second-order valence-electron chi connectivity index (χ2n) is 4.47. The Morgan fingerprint density at radius 3 is 2.81 bits per heavy atom. The molecule has 0 amide bonds. The van der Waals surface area contributed by atoms with Gasteiger partial charge in [-0.2, -0.15) is 0 Å². The lowest BCUT2D eigenvalue weighted by atomic mass is 10.1. The fraction of sp³-hybridized carbons (Fsp3) is 0.286. The van der Waals surface area contributed by atoms with Gasteiger partial charge >= 0.3 is 5.69 Å². The quantitative estimate of drug-likeness (QED) is 0.822. The Balaban J connectivity index is 2.54. The van der Waals surface area contributed by atoms with Crippen molar-refractivity contribution >= 4 is 11.6 Å². The number of nitrogens with one attached hydrogen (secondary N) is 1. The molecule has 0 spiro atoms. The number of aromatic nitrogens is 2. The summed E-state index contributed by atoms with van der Waals surface area (Å²) in [6.07, 6.45) is 0.533. The van der Waals surface area contributed by atoms with Crippen molar-refractivity contribution in [2.24, 2.45) is 0 Å². The molecule has 1 aromatic heterocycles. The molecule has 0 unspecified atom stereocenters.